The van der Waals surface area contributed by atoms with Crippen molar-refractivity contribution in [3.63, 3.8) is 0 Å². The third-order valence-electron chi connectivity index (χ3n) is 5.38. The molecule has 5 rings (SSSR count). The van der Waals surface area contributed by atoms with Gasteiger partial charge >= 0.3 is 0 Å². The zero-order chi connectivity index (χ0) is 21.2. The van der Waals surface area contributed by atoms with E-state index in [9.17, 15) is 4.79 Å². The highest BCUT2D eigenvalue weighted by Gasteiger charge is 2.27. The van der Waals surface area contributed by atoms with Crippen molar-refractivity contribution in [2.24, 2.45) is 0 Å². The van der Waals surface area contributed by atoms with E-state index in [1.807, 2.05) is 72.3 Å². The fraction of sp³-hybridized carbons (Fsp3) is 0.0769. The number of fused-ring (bicyclic) bond motifs is 1. The lowest BCUT2D eigenvalue weighted by atomic mass is 10.0. The van der Waals surface area contributed by atoms with E-state index in [0.717, 1.165) is 28.1 Å². The Bertz CT molecular complexity index is 1260. The van der Waals surface area contributed by atoms with Crippen LogP contribution in [-0.4, -0.2) is 15.7 Å². The zero-order valence-electron chi connectivity index (χ0n) is 17.1. The molecule has 5 nitrogen and oxygen atoms in total. The van der Waals surface area contributed by atoms with Crippen molar-refractivity contribution in [3.05, 3.63) is 119 Å². The summed E-state index contributed by atoms with van der Waals surface area (Å²) in [7, 11) is 0. The first-order valence-corrected chi connectivity index (χ1v) is 10.2. The quantitative estimate of drug-likeness (QED) is 0.470. The van der Waals surface area contributed by atoms with Gasteiger partial charge in [-0.15, -0.1) is 0 Å². The highest BCUT2D eigenvalue weighted by Crippen LogP contribution is 2.35. The molecule has 0 aliphatic carbocycles. The average Bonchev–Trinajstić information content (AvgIpc) is 3.24. The topological polar surface area (TPSA) is 59.0 Å². The third kappa shape index (κ3) is 3.73. The number of hydrogen-bond donors (Lipinski definition) is 2. The van der Waals surface area contributed by atoms with Crippen LogP contribution in [0.4, 0.5) is 11.5 Å². The lowest BCUT2D eigenvalue weighted by molar-refractivity contribution is 0.102. The van der Waals surface area contributed by atoms with Gasteiger partial charge < -0.3 is 10.6 Å². The Balaban J connectivity index is 1.55. The minimum Gasteiger partial charge on any atom is -0.339 e. The van der Waals surface area contributed by atoms with Gasteiger partial charge in [0.05, 0.1) is 12.2 Å². The normalized spacial score (nSPS) is 14.9. The summed E-state index contributed by atoms with van der Waals surface area (Å²) in [5.74, 6) is 0.487. The van der Waals surface area contributed by atoms with Gasteiger partial charge in [-0.2, -0.15) is 5.10 Å². The van der Waals surface area contributed by atoms with E-state index < -0.39 is 0 Å². The zero-order valence-corrected chi connectivity index (χ0v) is 17.1. The lowest BCUT2D eigenvalue weighted by Gasteiger charge is -2.26. The van der Waals surface area contributed by atoms with Crippen molar-refractivity contribution in [2.45, 2.75) is 13.0 Å². The Kier molecular flexibility index (Phi) is 4.84. The number of nitrogens with one attached hydrogen (secondary N) is 2. The maximum atomic E-state index is 13.1. The van der Waals surface area contributed by atoms with Crippen LogP contribution in [0.15, 0.2) is 97.2 Å². The van der Waals surface area contributed by atoms with Gasteiger partial charge in [-0.25, -0.2) is 4.68 Å². The van der Waals surface area contributed by atoms with Gasteiger partial charge in [0.2, 0.25) is 0 Å². The number of rotatable bonds is 4. The molecule has 1 amide bonds. The molecule has 2 heterocycles. The molecular weight excluding hydrogens is 384 g/mol. The van der Waals surface area contributed by atoms with Gasteiger partial charge in [-0.05, 0) is 41.8 Å². The van der Waals surface area contributed by atoms with Crippen molar-refractivity contribution in [3.8, 4) is 0 Å². The number of hydrogen-bond acceptors (Lipinski definition) is 3. The van der Waals surface area contributed by atoms with Crippen LogP contribution >= 0.6 is 0 Å². The Morgan fingerprint density at radius 1 is 0.968 bits per heavy atom. The van der Waals surface area contributed by atoms with Gasteiger partial charge in [0.1, 0.15) is 11.4 Å². The molecule has 0 radical (unpaired) electrons. The summed E-state index contributed by atoms with van der Waals surface area (Å²) in [6.07, 6.45) is 3.78. The van der Waals surface area contributed by atoms with Crippen molar-refractivity contribution in [1.82, 2.24) is 9.78 Å². The van der Waals surface area contributed by atoms with E-state index in [1.165, 1.54) is 0 Å². The largest absolute Gasteiger partial charge is 0.339 e. The maximum Gasteiger partial charge on any atom is 0.261 e. The molecule has 4 aromatic rings. The Labute approximate surface area is 181 Å². The summed E-state index contributed by atoms with van der Waals surface area (Å²) >= 11 is 0. The van der Waals surface area contributed by atoms with Crippen LogP contribution in [0, 0.1) is 6.92 Å². The fourth-order valence-corrected chi connectivity index (χ4v) is 3.86. The smallest absolute Gasteiger partial charge is 0.261 e. The molecule has 3 aromatic carbocycles. The average molecular weight is 406 g/mol. The molecule has 1 aliphatic heterocycles. The molecule has 152 valence electrons. The Morgan fingerprint density at radius 2 is 1.71 bits per heavy atom. The molecule has 0 spiro atoms. The lowest BCUT2D eigenvalue weighted by Crippen LogP contribution is -2.22. The first-order valence-electron chi connectivity index (χ1n) is 10.2. The monoisotopic (exact) mass is 406 g/mol. The van der Waals surface area contributed by atoms with Crippen LogP contribution in [0.5, 0.6) is 0 Å². The number of allylic oxidation sites excluding steroid dienone is 1. The van der Waals surface area contributed by atoms with Crippen LogP contribution < -0.4 is 10.6 Å². The number of benzene rings is 3. The van der Waals surface area contributed by atoms with Crippen LogP contribution in [0.1, 0.15) is 33.1 Å². The van der Waals surface area contributed by atoms with E-state index in [0.29, 0.717) is 11.4 Å². The standard InChI is InChI=1S/C26H22N4O/c1-18-9-8-14-21(15-18)28-26(31)22-17-27-30-24(20-12-6-3-7-13-20)16-23(29-25(22)30)19-10-4-2-5-11-19/h2-17,24,29H,1H3,(H,28,31). The highest BCUT2D eigenvalue weighted by atomic mass is 16.1. The molecule has 5 heteroatoms. The molecule has 0 fully saturated rings. The summed E-state index contributed by atoms with van der Waals surface area (Å²) in [5.41, 5.74) is 5.47. The number of carbonyl (C=O) groups excluding carboxylic acids is 1. The molecule has 1 aliphatic rings. The van der Waals surface area contributed by atoms with Crippen molar-refractivity contribution in [1.29, 1.82) is 0 Å². The van der Waals surface area contributed by atoms with Crippen LogP contribution in [0.25, 0.3) is 5.70 Å². The number of anilines is 2. The first kappa shape index (κ1) is 18.9. The Morgan fingerprint density at radius 3 is 2.45 bits per heavy atom. The predicted octanol–water partition coefficient (Wildman–Crippen LogP) is 5.50. The third-order valence-corrected chi connectivity index (χ3v) is 5.38. The first-order chi connectivity index (χ1) is 15.2. The number of carbonyl (C=O) groups is 1. The minimum atomic E-state index is -0.194. The molecule has 2 N–H and O–H groups in total. The fourth-order valence-electron chi connectivity index (χ4n) is 3.86. The van der Waals surface area contributed by atoms with Gasteiger partial charge in [0.25, 0.3) is 5.91 Å². The molecule has 31 heavy (non-hydrogen) atoms. The molecule has 0 saturated carbocycles. The summed E-state index contributed by atoms with van der Waals surface area (Å²) in [6, 6.07) is 27.9. The van der Waals surface area contributed by atoms with Gasteiger partial charge in [0, 0.05) is 11.4 Å². The van der Waals surface area contributed by atoms with Crippen LogP contribution in [0.3, 0.4) is 0 Å². The maximum absolute atomic E-state index is 13.1. The van der Waals surface area contributed by atoms with E-state index >= 15 is 0 Å². The molecule has 1 aromatic heterocycles. The number of amides is 1. The number of aryl methyl sites for hydroxylation is 1. The van der Waals surface area contributed by atoms with E-state index in [-0.39, 0.29) is 11.9 Å². The summed E-state index contributed by atoms with van der Waals surface area (Å²) in [4.78, 5) is 13.1. The van der Waals surface area contributed by atoms with Crippen LogP contribution in [0.2, 0.25) is 0 Å². The van der Waals surface area contributed by atoms with Crippen molar-refractivity contribution in [2.75, 3.05) is 10.6 Å². The second kappa shape index (κ2) is 7.95. The molecule has 0 bridgehead atoms. The van der Waals surface area contributed by atoms with Gasteiger partial charge in [0.15, 0.2) is 0 Å². The van der Waals surface area contributed by atoms with Crippen molar-refractivity contribution >= 4 is 23.1 Å². The minimum absolute atomic E-state index is 0.117. The van der Waals surface area contributed by atoms with Gasteiger partial charge in [-0.3, -0.25) is 4.79 Å². The van der Waals surface area contributed by atoms with E-state index in [4.69, 9.17) is 0 Å². The summed E-state index contributed by atoms with van der Waals surface area (Å²) in [5, 5.41) is 11.0. The van der Waals surface area contributed by atoms with Crippen molar-refractivity contribution < 1.29 is 4.79 Å². The van der Waals surface area contributed by atoms with E-state index in [2.05, 4.69) is 46.1 Å². The van der Waals surface area contributed by atoms with Crippen LogP contribution in [-0.2, 0) is 0 Å². The van der Waals surface area contributed by atoms with E-state index in [1.54, 1.807) is 6.20 Å². The second-order valence-electron chi connectivity index (χ2n) is 7.60. The second-order valence-corrected chi connectivity index (χ2v) is 7.60. The van der Waals surface area contributed by atoms with Gasteiger partial charge in [-0.1, -0.05) is 72.8 Å². The molecular formula is C26H22N4O. The highest BCUT2D eigenvalue weighted by molar-refractivity contribution is 6.08. The SMILES string of the molecule is Cc1cccc(NC(=O)c2cnn3c2NC(c2ccccc2)=CC3c2ccccc2)c1. The number of aromatic nitrogens is 2. The molecule has 1 atom stereocenters. The summed E-state index contributed by atoms with van der Waals surface area (Å²) in [6.45, 7) is 2.00. The molecule has 0 saturated heterocycles. The predicted molar refractivity (Wildman–Crippen MR) is 124 cm³/mol. The Hall–Kier alpha value is -4.12. The summed E-state index contributed by atoms with van der Waals surface area (Å²) < 4.78 is 1.87. The molecule has 1 unspecified atom stereocenters. The number of nitrogens with zero attached hydrogens (tertiary/aromatic N) is 2.